The summed E-state index contributed by atoms with van der Waals surface area (Å²) in [6, 6.07) is 7.04. The molecule has 0 aliphatic rings. The molecule has 0 amide bonds. The Balaban J connectivity index is 2.69. The summed E-state index contributed by atoms with van der Waals surface area (Å²) in [4.78, 5) is 21.6. The van der Waals surface area contributed by atoms with Crippen molar-refractivity contribution in [2.45, 2.75) is 32.8 Å². The molecule has 0 saturated heterocycles. The van der Waals surface area contributed by atoms with Crippen LogP contribution >= 0.6 is 0 Å². The number of hydrogen-bond acceptors (Lipinski definition) is 3. The van der Waals surface area contributed by atoms with E-state index in [0.717, 1.165) is 5.56 Å². The smallest absolute Gasteiger partial charge is 0.307 e. The second kappa shape index (κ2) is 6.78. The fourth-order valence-electron chi connectivity index (χ4n) is 1.72. The van der Waals surface area contributed by atoms with E-state index < -0.39 is 17.9 Å². The monoisotopic (exact) mass is 266 g/mol. The van der Waals surface area contributed by atoms with Gasteiger partial charge in [-0.3, -0.25) is 9.59 Å². The van der Waals surface area contributed by atoms with Gasteiger partial charge in [0.2, 0.25) is 0 Å². The highest BCUT2D eigenvalue weighted by molar-refractivity contribution is 5.78. The molecule has 1 atom stereocenters. The quantitative estimate of drug-likeness (QED) is 0.790. The molecular formula is C14H18O5. The molecule has 0 spiro atoms. The maximum absolute atomic E-state index is 11.0. The van der Waals surface area contributed by atoms with Crippen molar-refractivity contribution < 1.29 is 24.5 Å². The van der Waals surface area contributed by atoms with Crippen LogP contribution in [0.2, 0.25) is 0 Å². The van der Waals surface area contributed by atoms with Gasteiger partial charge in [-0.15, -0.1) is 0 Å². The van der Waals surface area contributed by atoms with E-state index in [4.69, 9.17) is 14.9 Å². The Morgan fingerprint density at radius 3 is 2.16 bits per heavy atom. The van der Waals surface area contributed by atoms with Crippen LogP contribution in [0.3, 0.4) is 0 Å². The van der Waals surface area contributed by atoms with Gasteiger partial charge in [0.1, 0.15) is 5.75 Å². The van der Waals surface area contributed by atoms with E-state index >= 15 is 0 Å². The van der Waals surface area contributed by atoms with Gasteiger partial charge in [0.15, 0.2) is 0 Å². The first-order valence-electron chi connectivity index (χ1n) is 6.08. The second-order valence-corrected chi connectivity index (χ2v) is 4.65. The molecule has 0 saturated carbocycles. The number of rotatable bonds is 7. The van der Waals surface area contributed by atoms with Crippen molar-refractivity contribution in [2.75, 3.05) is 0 Å². The number of carboxylic acid groups (broad SMARTS) is 2. The fourth-order valence-corrected chi connectivity index (χ4v) is 1.72. The van der Waals surface area contributed by atoms with Gasteiger partial charge < -0.3 is 14.9 Å². The van der Waals surface area contributed by atoms with Crippen molar-refractivity contribution in [3.63, 3.8) is 0 Å². The third-order valence-corrected chi connectivity index (χ3v) is 2.55. The molecule has 5 heteroatoms. The fraction of sp³-hybridized carbons (Fsp3) is 0.429. The summed E-state index contributed by atoms with van der Waals surface area (Å²) in [6.45, 7) is 3.84. The summed E-state index contributed by atoms with van der Waals surface area (Å²) in [5.74, 6) is -2.39. The van der Waals surface area contributed by atoms with Crippen LogP contribution in [0.4, 0.5) is 0 Å². The van der Waals surface area contributed by atoms with E-state index in [0.29, 0.717) is 5.75 Å². The van der Waals surface area contributed by atoms with Gasteiger partial charge in [0.25, 0.3) is 0 Å². The zero-order valence-corrected chi connectivity index (χ0v) is 11.0. The van der Waals surface area contributed by atoms with E-state index in [9.17, 15) is 9.59 Å². The summed E-state index contributed by atoms with van der Waals surface area (Å²) in [7, 11) is 0. The first kappa shape index (κ1) is 15.0. The van der Waals surface area contributed by atoms with Gasteiger partial charge >= 0.3 is 11.9 Å². The third kappa shape index (κ3) is 5.42. The summed E-state index contributed by atoms with van der Waals surface area (Å²) >= 11 is 0. The molecule has 0 heterocycles. The van der Waals surface area contributed by atoms with Gasteiger partial charge in [0, 0.05) is 0 Å². The average Bonchev–Trinajstić information content (AvgIpc) is 2.29. The molecule has 0 fully saturated rings. The predicted octanol–water partition coefficient (Wildman–Crippen LogP) is 2.19. The van der Waals surface area contributed by atoms with Crippen molar-refractivity contribution in [1.29, 1.82) is 0 Å². The van der Waals surface area contributed by atoms with E-state index in [1.807, 2.05) is 13.8 Å². The van der Waals surface area contributed by atoms with Gasteiger partial charge in [-0.2, -0.15) is 0 Å². The lowest BCUT2D eigenvalue weighted by molar-refractivity contribution is -0.148. The molecule has 1 aromatic carbocycles. The SMILES string of the molecule is CC(C)Oc1ccc(C[C@@H](CC(=O)O)C(=O)O)cc1. The second-order valence-electron chi connectivity index (χ2n) is 4.65. The highest BCUT2D eigenvalue weighted by Gasteiger charge is 2.21. The topological polar surface area (TPSA) is 83.8 Å². The highest BCUT2D eigenvalue weighted by atomic mass is 16.5. The normalized spacial score (nSPS) is 12.2. The first-order chi connectivity index (χ1) is 8.88. The van der Waals surface area contributed by atoms with Crippen molar-refractivity contribution in [1.82, 2.24) is 0 Å². The number of carboxylic acids is 2. The molecule has 2 N–H and O–H groups in total. The van der Waals surface area contributed by atoms with Crippen LogP contribution in [0.25, 0.3) is 0 Å². The standard InChI is InChI=1S/C14H18O5/c1-9(2)19-12-5-3-10(4-6-12)7-11(14(17)18)8-13(15)16/h3-6,9,11H,7-8H2,1-2H3,(H,15,16)(H,17,18)/t11-/m0/s1. The van der Waals surface area contributed by atoms with Crippen LogP contribution in [0.1, 0.15) is 25.8 Å². The molecule has 1 aromatic rings. The summed E-state index contributed by atoms with van der Waals surface area (Å²) in [5.41, 5.74) is 0.782. The molecule has 0 radical (unpaired) electrons. The van der Waals surface area contributed by atoms with Crippen LogP contribution in [0, 0.1) is 5.92 Å². The minimum atomic E-state index is -1.10. The largest absolute Gasteiger partial charge is 0.491 e. The summed E-state index contributed by atoms with van der Waals surface area (Å²) in [6.07, 6.45) is -0.104. The molecule has 0 bridgehead atoms. The number of carbonyl (C=O) groups is 2. The van der Waals surface area contributed by atoms with E-state index in [1.165, 1.54) is 0 Å². The van der Waals surface area contributed by atoms with Crippen molar-refractivity contribution in [3.05, 3.63) is 29.8 Å². The molecule has 104 valence electrons. The molecule has 0 aliphatic carbocycles. The van der Waals surface area contributed by atoms with Crippen LogP contribution in [-0.2, 0) is 16.0 Å². The zero-order chi connectivity index (χ0) is 14.4. The maximum Gasteiger partial charge on any atom is 0.307 e. The van der Waals surface area contributed by atoms with Gasteiger partial charge in [-0.05, 0) is 38.0 Å². The van der Waals surface area contributed by atoms with Crippen LogP contribution in [0.5, 0.6) is 5.75 Å². The highest BCUT2D eigenvalue weighted by Crippen LogP contribution is 2.18. The maximum atomic E-state index is 11.0. The lowest BCUT2D eigenvalue weighted by Gasteiger charge is -2.12. The number of benzene rings is 1. The Labute approximate surface area is 111 Å². The molecule has 5 nitrogen and oxygen atoms in total. The molecule has 0 aliphatic heterocycles. The minimum Gasteiger partial charge on any atom is -0.491 e. The summed E-state index contributed by atoms with van der Waals surface area (Å²) in [5, 5.41) is 17.6. The lowest BCUT2D eigenvalue weighted by atomic mass is 9.96. The predicted molar refractivity (Wildman–Crippen MR) is 69.3 cm³/mol. The number of ether oxygens (including phenoxy) is 1. The van der Waals surface area contributed by atoms with Gasteiger partial charge in [-0.25, -0.2) is 0 Å². The Morgan fingerprint density at radius 2 is 1.74 bits per heavy atom. The molecular weight excluding hydrogens is 248 g/mol. The molecule has 0 unspecified atom stereocenters. The summed E-state index contributed by atoms with van der Waals surface area (Å²) < 4.78 is 5.48. The molecule has 1 rings (SSSR count). The van der Waals surface area contributed by atoms with E-state index in [1.54, 1.807) is 24.3 Å². The minimum absolute atomic E-state index is 0.0737. The Bertz CT molecular complexity index is 436. The Kier molecular flexibility index (Phi) is 5.36. The Hall–Kier alpha value is -2.04. The van der Waals surface area contributed by atoms with Crippen molar-refractivity contribution >= 4 is 11.9 Å². The molecule has 19 heavy (non-hydrogen) atoms. The molecule has 0 aromatic heterocycles. The lowest BCUT2D eigenvalue weighted by Crippen LogP contribution is -2.20. The van der Waals surface area contributed by atoms with Gasteiger partial charge in [0.05, 0.1) is 18.4 Å². The Morgan fingerprint density at radius 1 is 1.16 bits per heavy atom. The van der Waals surface area contributed by atoms with Crippen LogP contribution in [0.15, 0.2) is 24.3 Å². The first-order valence-corrected chi connectivity index (χ1v) is 6.08. The number of hydrogen-bond donors (Lipinski definition) is 2. The zero-order valence-electron chi connectivity index (χ0n) is 11.0. The van der Waals surface area contributed by atoms with Crippen LogP contribution < -0.4 is 4.74 Å². The number of aliphatic carboxylic acids is 2. The van der Waals surface area contributed by atoms with E-state index in [2.05, 4.69) is 0 Å². The van der Waals surface area contributed by atoms with E-state index in [-0.39, 0.29) is 18.9 Å². The third-order valence-electron chi connectivity index (χ3n) is 2.55. The van der Waals surface area contributed by atoms with Crippen LogP contribution in [-0.4, -0.2) is 28.3 Å². The van der Waals surface area contributed by atoms with Gasteiger partial charge in [-0.1, -0.05) is 12.1 Å². The average molecular weight is 266 g/mol. The van der Waals surface area contributed by atoms with Crippen molar-refractivity contribution in [2.24, 2.45) is 5.92 Å². The van der Waals surface area contributed by atoms with Crippen molar-refractivity contribution in [3.8, 4) is 5.75 Å².